The molecule has 0 radical (unpaired) electrons. The van der Waals surface area contributed by atoms with Gasteiger partial charge in [0, 0.05) is 0 Å². The van der Waals surface area contributed by atoms with E-state index < -0.39 is 27.9 Å². The fraction of sp³-hybridized carbons (Fsp3) is 0.280. The smallest absolute Gasteiger partial charge is 0.252 e. The van der Waals surface area contributed by atoms with Gasteiger partial charge in [-0.05, 0) is 74.2 Å². The highest BCUT2D eigenvalue weighted by Crippen LogP contribution is 2.34. The first-order valence-electron chi connectivity index (χ1n) is 10.7. The van der Waals surface area contributed by atoms with E-state index in [1.54, 1.807) is 56.3 Å². The van der Waals surface area contributed by atoms with Crippen LogP contribution in [0.2, 0.25) is 0 Å². The molecule has 2 heterocycles. The molecule has 8 heteroatoms. The fourth-order valence-electron chi connectivity index (χ4n) is 4.29. The Hall–Kier alpha value is -3.23. The third kappa shape index (κ3) is 4.00. The van der Waals surface area contributed by atoms with Gasteiger partial charge in [-0.3, -0.25) is 9.59 Å². The molecule has 1 aromatic heterocycles. The number of amides is 2. The van der Waals surface area contributed by atoms with Gasteiger partial charge >= 0.3 is 0 Å². The lowest BCUT2D eigenvalue weighted by Crippen LogP contribution is -2.45. The summed E-state index contributed by atoms with van der Waals surface area (Å²) in [6.07, 6.45) is 1.21. The third-order valence-electron chi connectivity index (χ3n) is 6.24. The molecule has 1 aliphatic rings. The Labute approximate surface area is 193 Å². The summed E-state index contributed by atoms with van der Waals surface area (Å²) in [5, 5.41) is 0. The van der Waals surface area contributed by atoms with Crippen LogP contribution >= 0.6 is 0 Å². The summed E-state index contributed by atoms with van der Waals surface area (Å²) in [6, 6.07) is 12.6. The van der Waals surface area contributed by atoms with Crippen LogP contribution in [-0.4, -0.2) is 30.6 Å². The Kier molecular flexibility index (Phi) is 5.99. The van der Waals surface area contributed by atoms with Crippen molar-refractivity contribution >= 4 is 27.5 Å². The average Bonchev–Trinajstić information content (AvgIpc) is 3.38. The van der Waals surface area contributed by atoms with Crippen LogP contribution in [0.5, 0.6) is 0 Å². The van der Waals surface area contributed by atoms with E-state index in [9.17, 15) is 18.0 Å². The van der Waals surface area contributed by atoms with Crippen LogP contribution in [0.1, 0.15) is 34.4 Å². The number of nitrogens with zero attached hydrogens (tertiary/aromatic N) is 2. The van der Waals surface area contributed by atoms with E-state index in [4.69, 9.17) is 4.42 Å². The number of imide groups is 1. The number of para-hydroxylation sites is 1. The lowest BCUT2D eigenvalue weighted by Gasteiger charge is -2.28. The minimum Gasteiger partial charge on any atom is -0.468 e. The van der Waals surface area contributed by atoms with Gasteiger partial charge in [0.05, 0.1) is 29.8 Å². The van der Waals surface area contributed by atoms with Gasteiger partial charge < -0.3 is 4.42 Å². The van der Waals surface area contributed by atoms with Gasteiger partial charge in [-0.15, -0.1) is 0 Å². The molecule has 7 nitrogen and oxygen atoms in total. The first-order chi connectivity index (χ1) is 15.6. The van der Waals surface area contributed by atoms with Gasteiger partial charge in [0.1, 0.15) is 11.8 Å². The molecule has 2 aromatic carbocycles. The molecule has 1 saturated heterocycles. The summed E-state index contributed by atoms with van der Waals surface area (Å²) in [4.78, 5) is 27.5. The van der Waals surface area contributed by atoms with Gasteiger partial charge in [0.25, 0.3) is 5.91 Å². The van der Waals surface area contributed by atoms with E-state index in [0.717, 1.165) is 20.3 Å². The molecule has 1 aliphatic heterocycles. The lowest BCUT2D eigenvalue weighted by molar-refractivity contribution is -0.122. The number of carbonyl (C=O) groups excluding carboxylic acids is 2. The minimum atomic E-state index is -4.16. The maximum absolute atomic E-state index is 14.1. The number of furan rings is 1. The topological polar surface area (TPSA) is 87.9 Å². The number of rotatable bonds is 6. The standard InChI is InChI=1S/C25H26N2O5S/c1-16-13-17(2)19(4)24(18(16)3)33(30,31)26(15-21-11-8-12-32-21)22-14-23(28)27(25(22)29)20-9-6-5-7-10-20/h5-13,22H,14-15H2,1-4H3. The number of hydrogen-bond acceptors (Lipinski definition) is 5. The number of benzene rings is 2. The Bertz CT molecular complexity index is 1290. The molecule has 1 atom stereocenters. The van der Waals surface area contributed by atoms with Crippen LogP contribution < -0.4 is 4.90 Å². The zero-order chi connectivity index (χ0) is 23.9. The summed E-state index contributed by atoms with van der Waals surface area (Å²) in [6.45, 7) is 7.08. The molecule has 172 valence electrons. The average molecular weight is 467 g/mol. The number of sulfonamides is 1. The molecule has 33 heavy (non-hydrogen) atoms. The molecule has 2 amide bonds. The van der Waals surface area contributed by atoms with Gasteiger partial charge in [0.2, 0.25) is 15.9 Å². The van der Waals surface area contributed by atoms with Gasteiger partial charge in [-0.1, -0.05) is 24.3 Å². The van der Waals surface area contributed by atoms with E-state index in [1.165, 1.54) is 6.26 Å². The van der Waals surface area contributed by atoms with E-state index >= 15 is 0 Å². The van der Waals surface area contributed by atoms with Crippen LogP contribution in [0.25, 0.3) is 0 Å². The van der Waals surface area contributed by atoms with Crippen LogP contribution in [0.15, 0.2) is 64.1 Å². The Balaban J connectivity index is 1.84. The normalized spacial score (nSPS) is 16.8. The first kappa shape index (κ1) is 22.9. The van der Waals surface area contributed by atoms with Crippen LogP contribution in [0.4, 0.5) is 5.69 Å². The molecular weight excluding hydrogens is 440 g/mol. The number of hydrogen-bond donors (Lipinski definition) is 0. The van der Waals surface area contributed by atoms with Crippen molar-refractivity contribution in [2.75, 3.05) is 4.90 Å². The second kappa shape index (κ2) is 8.61. The Morgan fingerprint density at radius 2 is 1.61 bits per heavy atom. The molecule has 0 N–H and O–H groups in total. The maximum atomic E-state index is 14.1. The number of aryl methyl sites for hydroxylation is 2. The third-order valence-corrected chi connectivity index (χ3v) is 8.37. The predicted octanol–water partition coefficient (Wildman–Crippen LogP) is 4.04. The summed E-state index contributed by atoms with van der Waals surface area (Å²) < 4.78 is 34.7. The second-order valence-corrected chi connectivity index (χ2v) is 10.2. The van der Waals surface area contributed by atoms with Crippen molar-refractivity contribution in [3.05, 3.63) is 82.8 Å². The van der Waals surface area contributed by atoms with Gasteiger partial charge in [-0.25, -0.2) is 13.3 Å². The monoisotopic (exact) mass is 466 g/mol. The molecule has 0 spiro atoms. The summed E-state index contributed by atoms with van der Waals surface area (Å²) in [5.41, 5.74) is 3.35. The zero-order valence-corrected chi connectivity index (χ0v) is 19.8. The molecule has 0 aliphatic carbocycles. The lowest BCUT2D eigenvalue weighted by atomic mass is 10.0. The van der Waals surface area contributed by atoms with Gasteiger partial charge in [0.15, 0.2) is 0 Å². The molecular formula is C25H26N2O5S. The maximum Gasteiger partial charge on any atom is 0.252 e. The highest BCUT2D eigenvalue weighted by molar-refractivity contribution is 7.89. The van der Waals surface area contributed by atoms with Crippen molar-refractivity contribution in [3.8, 4) is 0 Å². The van der Waals surface area contributed by atoms with Gasteiger partial charge in [-0.2, -0.15) is 4.31 Å². The van der Waals surface area contributed by atoms with Crippen molar-refractivity contribution in [2.45, 2.75) is 51.6 Å². The first-order valence-corrected chi connectivity index (χ1v) is 12.1. The van der Waals surface area contributed by atoms with Crippen LogP contribution in [-0.2, 0) is 26.2 Å². The second-order valence-electron chi connectivity index (χ2n) is 8.34. The summed E-state index contributed by atoms with van der Waals surface area (Å²) >= 11 is 0. The van der Waals surface area contributed by atoms with Crippen molar-refractivity contribution in [1.82, 2.24) is 4.31 Å². The highest BCUT2D eigenvalue weighted by atomic mass is 32.2. The highest BCUT2D eigenvalue weighted by Gasteiger charge is 2.47. The van der Waals surface area contributed by atoms with Crippen molar-refractivity contribution in [2.24, 2.45) is 0 Å². The quantitative estimate of drug-likeness (QED) is 0.512. The molecule has 1 fully saturated rings. The van der Waals surface area contributed by atoms with Crippen LogP contribution in [0.3, 0.4) is 0 Å². The Morgan fingerprint density at radius 1 is 0.970 bits per heavy atom. The minimum absolute atomic E-state index is 0.159. The molecule has 3 aromatic rings. The zero-order valence-electron chi connectivity index (χ0n) is 19.0. The molecule has 1 unspecified atom stereocenters. The molecule has 0 bridgehead atoms. The fourth-order valence-corrected chi connectivity index (χ4v) is 6.42. The predicted molar refractivity (Wildman–Crippen MR) is 124 cm³/mol. The van der Waals surface area contributed by atoms with Crippen molar-refractivity contribution in [3.63, 3.8) is 0 Å². The van der Waals surface area contributed by atoms with E-state index in [0.29, 0.717) is 22.6 Å². The number of carbonyl (C=O) groups is 2. The SMILES string of the molecule is Cc1cc(C)c(C)c(S(=O)(=O)N(Cc2ccco2)C2CC(=O)N(c3ccccc3)C2=O)c1C. The van der Waals surface area contributed by atoms with Crippen molar-refractivity contribution in [1.29, 1.82) is 0 Å². The van der Waals surface area contributed by atoms with Crippen molar-refractivity contribution < 1.29 is 22.4 Å². The summed E-state index contributed by atoms with van der Waals surface area (Å²) in [7, 11) is -4.16. The molecule has 0 saturated carbocycles. The summed E-state index contributed by atoms with van der Waals surface area (Å²) in [5.74, 6) is -0.623. The molecule has 4 rings (SSSR count). The number of anilines is 1. The van der Waals surface area contributed by atoms with E-state index in [1.807, 2.05) is 19.9 Å². The van der Waals surface area contributed by atoms with E-state index in [-0.39, 0.29) is 17.9 Å². The largest absolute Gasteiger partial charge is 0.468 e. The van der Waals surface area contributed by atoms with Crippen LogP contribution in [0, 0.1) is 27.7 Å². The Morgan fingerprint density at radius 3 is 2.18 bits per heavy atom. The van der Waals surface area contributed by atoms with E-state index in [2.05, 4.69) is 0 Å².